The third kappa shape index (κ3) is 1.88. The molecule has 0 aliphatic carbocycles. The lowest BCUT2D eigenvalue weighted by Gasteiger charge is -2.09. The normalized spacial score (nSPS) is 12.2. The Morgan fingerprint density at radius 2 is 1.61 bits per heavy atom. The van der Waals surface area contributed by atoms with Gasteiger partial charge in [0.1, 0.15) is 0 Å². The minimum atomic E-state index is -4.42. The van der Waals surface area contributed by atoms with Gasteiger partial charge in [-0.15, -0.1) is 0 Å². The topological polar surface area (TPSA) is 27.8 Å². The predicted molar refractivity (Wildman–Crippen MR) is 65.5 cm³/mol. The van der Waals surface area contributed by atoms with Crippen LogP contribution in [0.2, 0.25) is 0 Å². The molecule has 0 bridgehead atoms. The summed E-state index contributed by atoms with van der Waals surface area (Å²) in [7, 11) is 0. The van der Waals surface area contributed by atoms with Gasteiger partial charge in [0, 0.05) is 27.5 Å². The number of H-pyrrole nitrogens is 1. The number of hydrogen-bond acceptors (Lipinski definition) is 1. The minimum Gasteiger partial charge on any atom is -0.355 e. The number of rotatable bonds is 1. The second-order valence-electron chi connectivity index (χ2n) is 4.05. The van der Waals surface area contributed by atoms with Gasteiger partial charge in [0.15, 0.2) is 0 Å². The Labute approximate surface area is 100 Å². The number of alkyl halides is 3. The van der Waals surface area contributed by atoms with Crippen molar-refractivity contribution >= 4 is 27.5 Å². The van der Waals surface area contributed by atoms with Crippen molar-refractivity contribution in [3.05, 3.63) is 42.5 Å². The summed E-state index contributed by atoms with van der Waals surface area (Å²) < 4.78 is 36.8. The zero-order valence-corrected chi connectivity index (χ0v) is 9.18. The number of halogens is 3. The fourth-order valence-corrected chi connectivity index (χ4v) is 2.09. The first kappa shape index (κ1) is 11.0. The van der Waals surface area contributed by atoms with Crippen LogP contribution in [0.5, 0.6) is 0 Å². The monoisotopic (exact) mass is 250 g/mol. The van der Waals surface area contributed by atoms with Gasteiger partial charge in [0.05, 0.1) is 0 Å². The average Bonchev–Trinajstić information content (AvgIpc) is 2.65. The molecule has 0 atom stereocenters. The highest BCUT2D eigenvalue weighted by Gasteiger charge is 2.27. The number of nitrogens with one attached hydrogen (secondary N) is 2. The third-order valence-electron chi connectivity index (χ3n) is 2.79. The van der Waals surface area contributed by atoms with E-state index < -0.39 is 6.30 Å². The van der Waals surface area contributed by atoms with Gasteiger partial charge in [-0.2, -0.15) is 13.2 Å². The molecule has 2 aromatic carbocycles. The molecule has 2 nitrogen and oxygen atoms in total. The molecule has 5 heteroatoms. The molecule has 0 saturated carbocycles. The fraction of sp³-hybridized carbons (Fsp3) is 0.0769. The van der Waals surface area contributed by atoms with Crippen molar-refractivity contribution < 1.29 is 13.2 Å². The highest BCUT2D eigenvalue weighted by atomic mass is 19.4. The maximum Gasteiger partial charge on any atom is 0.482 e. The fourth-order valence-electron chi connectivity index (χ4n) is 2.09. The number of aromatic amines is 1. The summed E-state index contributed by atoms with van der Waals surface area (Å²) in [6.45, 7) is 0. The van der Waals surface area contributed by atoms with Gasteiger partial charge >= 0.3 is 6.30 Å². The average molecular weight is 250 g/mol. The van der Waals surface area contributed by atoms with Crippen LogP contribution in [0, 0.1) is 0 Å². The first-order valence-corrected chi connectivity index (χ1v) is 5.38. The van der Waals surface area contributed by atoms with Gasteiger partial charge in [-0.05, 0) is 24.3 Å². The molecule has 1 aromatic heterocycles. The van der Waals surface area contributed by atoms with Gasteiger partial charge in [0.2, 0.25) is 0 Å². The summed E-state index contributed by atoms with van der Waals surface area (Å²) in [6.07, 6.45) is -4.42. The molecule has 0 aliphatic rings. The Hall–Kier alpha value is -2.17. The second-order valence-corrected chi connectivity index (χ2v) is 4.05. The SMILES string of the molecule is FC(F)(F)Nc1ccc2[nH]c3ccccc3c2c1. The van der Waals surface area contributed by atoms with E-state index in [2.05, 4.69) is 4.98 Å². The van der Waals surface area contributed by atoms with Crippen molar-refractivity contribution in [3.63, 3.8) is 0 Å². The van der Waals surface area contributed by atoms with Crippen LogP contribution in [-0.4, -0.2) is 11.3 Å². The second kappa shape index (κ2) is 3.66. The lowest BCUT2D eigenvalue weighted by Crippen LogP contribution is -2.20. The number of fused-ring (bicyclic) bond motifs is 3. The lowest BCUT2D eigenvalue weighted by atomic mass is 10.1. The Bertz CT molecular complexity index is 713. The van der Waals surface area contributed by atoms with Crippen molar-refractivity contribution in [2.45, 2.75) is 6.30 Å². The van der Waals surface area contributed by atoms with E-state index in [9.17, 15) is 13.2 Å². The van der Waals surface area contributed by atoms with Crippen molar-refractivity contribution in [2.75, 3.05) is 5.32 Å². The van der Waals surface area contributed by atoms with Crippen LogP contribution in [0.15, 0.2) is 42.5 Å². The molecule has 1 heterocycles. The maximum atomic E-state index is 12.3. The number of benzene rings is 2. The largest absolute Gasteiger partial charge is 0.482 e. The standard InChI is InChI=1S/C13H9F3N2/c14-13(15,16)18-8-5-6-12-10(7-8)9-3-1-2-4-11(9)17-12/h1-7,17-18H. The zero-order chi connectivity index (χ0) is 12.8. The van der Waals surface area contributed by atoms with Crippen molar-refractivity contribution in [2.24, 2.45) is 0 Å². The summed E-state index contributed by atoms with van der Waals surface area (Å²) in [5, 5.41) is 3.21. The van der Waals surface area contributed by atoms with Crippen molar-refractivity contribution in [1.29, 1.82) is 0 Å². The minimum absolute atomic E-state index is 0.0414. The molecule has 0 fully saturated rings. The van der Waals surface area contributed by atoms with Crippen LogP contribution >= 0.6 is 0 Å². The van der Waals surface area contributed by atoms with Crippen LogP contribution in [0.25, 0.3) is 21.8 Å². The Morgan fingerprint density at radius 1 is 0.889 bits per heavy atom. The molecule has 0 saturated heterocycles. The Morgan fingerprint density at radius 3 is 2.39 bits per heavy atom. The third-order valence-corrected chi connectivity index (χ3v) is 2.79. The molecule has 92 valence electrons. The summed E-state index contributed by atoms with van der Waals surface area (Å²) in [6, 6.07) is 12.1. The summed E-state index contributed by atoms with van der Waals surface area (Å²) >= 11 is 0. The van der Waals surface area contributed by atoms with Crippen molar-refractivity contribution in [3.8, 4) is 0 Å². The van der Waals surface area contributed by atoms with Crippen molar-refractivity contribution in [1.82, 2.24) is 4.98 Å². The Kier molecular flexibility index (Phi) is 2.23. The van der Waals surface area contributed by atoms with E-state index in [1.807, 2.05) is 24.3 Å². The molecule has 18 heavy (non-hydrogen) atoms. The van der Waals surface area contributed by atoms with Crippen LogP contribution < -0.4 is 5.32 Å². The van der Waals surface area contributed by atoms with Gasteiger partial charge in [-0.25, -0.2) is 0 Å². The molecule has 2 N–H and O–H groups in total. The van der Waals surface area contributed by atoms with E-state index in [-0.39, 0.29) is 5.69 Å². The van der Waals surface area contributed by atoms with E-state index in [0.29, 0.717) is 0 Å². The van der Waals surface area contributed by atoms with Crippen LogP contribution in [-0.2, 0) is 0 Å². The van der Waals surface area contributed by atoms with E-state index in [1.165, 1.54) is 17.4 Å². The number of anilines is 1. The molecule has 0 unspecified atom stereocenters. The first-order valence-electron chi connectivity index (χ1n) is 5.38. The van der Waals surface area contributed by atoms with Crippen LogP contribution in [0.4, 0.5) is 18.9 Å². The molecule has 0 radical (unpaired) electrons. The molecule has 0 spiro atoms. The molecule has 3 aromatic rings. The smallest absolute Gasteiger partial charge is 0.355 e. The van der Waals surface area contributed by atoms with E-state index in [0.717, 1.165) is 21.8 Å². The predicted octanol–water partition coefficient (Wildman–Crippen LogP) is 4.25. The van der Waals surface area contributed by atoms with Gasteiger partial charge in [-0.1, -0.05) is 18.2 Å². The number of para-hydroxylation sites is 1. The summed E-state index contributed by atoms with van der Waals surface area (Å²) in [5.41, 5.74) is 1.78. The van der Waals surface area contributed by atoms with Gasteiger partial charge in [-0.3, -0.25) is 5.32 Å². The molecule has 3 rings (SSSR count). The molecular formula is C13H9F3N2. The maximum absolute atomic E-state index is 12.3. The van der Waals surface area contributed by atoms with Gasteiger partial charge in [0.25, 0.3) is 0 Å². The molecule has 0 aliphatic heterocycles. The highest BCUT2D eigenvalue weighted by Crippen LogP contribution is 2.29. The molecule has 0 amide bonds. The summed E-state index contributed by atoms with van der Waals surface area (Å²) in [5.74, 6) is 0. The summed E-state index contributed by atoms with van der Waals surface area (Å²) in [4.78, 5) is 3.16. The van der Waals surface area contributed by atoms with Crippen LogP contribution in [0.3, 0.4) is 0 Å². The quantitative estimate of drug-likeness (QED) is 0.621. The zero-order valence-electron chi connectivity index (χ0n) is 9.18. The highest BCUT2D eigenvalue weighted by molar-refractivity contribution is 6.08. The lowest BCUT2D eigenvalue weighted by molar-refractivity contribution is -0.0999. The molecular weight excluding hydrogens is 241 g/mol. The van der Waals surface area contributed by atoms with Gasteiger partial charge < -0.3 is 4.98 Å². The Balaban J connectivity index is 2.18. The van der Waals surface area contributed by atoms with E-state index >= 15 is 0 Å². The number of hydrogen-bond donors (Lipinski definition) is 2. The van der Waals surface area contributed by atoms with Crippen LogP contribution in [0.1, 0.15) is 0 Å². The van der Waals surface area contributed by atoms with E-state index in [4.69, 9.17) is 0 Å². The van der Waals surface area contributed by atoms with E-state index in [1.54, 1.807) is 6.07 Å². The number of aromatic nitrogens is 1. The first-order chi connectivity index (χ1) is 8.53.